The Morgan fingerprint density at radius 1 is 0.963 bits per heavy atom. The highest BCUT2D eigenvalue weighted by atomic mass is 16.5. The lowest BCUT2D eigenvalue weighted by atomic mass is 10.0. The van der Waals surface area contributed by atoms with E-state index in [1.807, 2.05) is 12.1 Å². The molecule has 0 amide bonds. The van der Waals surface area contributed by atoms with Gasteiger partial charge >= 0.3 is 0 Å². The molecule has 27 heavy (non-hydrogen) atoms. The first-order valence-electron chi connectivity index (χ1n) is 10.4. The number of nitrogens with zero attached hydrogens (tertiary/aromatic N) is 3. The Morgan fingerprint density at radius 2 is 1.70 bits per heavy atom. The Morgan fingerprint density at radius 3 is 2.41 bits per heavy atom. The molecule has 1 aliphatic heterocycles. The molecule has 4 nitrogen and oxygen atoms in total. The maximum Gasteiger partial charge on any atom is 0.118 e. The van der Waals surface area contributed by atoms with Gasteiger partial charge in [-0.3, -0.25) is 4.98 Å². The Bertz CT molecular complexity index is 764. The van der Waals surface area contributed by atoms with Crippen LogP contribution >= 0.6 is 0 Å². The first-order chi connectivity index (χ1) is 13.3. The molecule has 1 aromatic heterocycles. The topological polar surface area (TPSA) is 28.6 Å². The van der Waals surface area contributed by atoms with Crippen molar-refractivity contribution in [1.82, 2.24) is 9.88 Å². The smallest absolute Gasteiger partial charge is 0.118 e. The second-order valence-electron chi connectivity index (χ2n) is 7.66. The molecule has 1 saturated heterocycles. The van der Waals surface area contributed by atoms with Gasteiger partial charge in [-0.2, -0.15) is 0 Å². The van der Waals surface area contributed by atoms with E-state index < -0.39 is 0 Å². The average molecular weight is 366 g/mol. The average Bonchev–Trinajstić information content (AvgIpc) is 2.99. The minimum absolute atomic E-state index is 0.893. The fourth-order valence-electron chi connectivity index (χ4n) is 4.36. The number of anilines is 1. The van der Waals surface area contributed by atoms with E-state index in [4.69, 9.17) is 9.72 Å². The third kappa shape index (κ3) is 3.96. The summed E-state index contributed by atoms with van der Waals surface area (Å²) in [4.78, 5) is 10.3. The van der Waals surface area contributed by atoms with Crippen LogP contribution in [0.4, 0.5) is 5.69 Å². The van der Waals surface area contributed by atoms with Crippen LogP contribution in [0.5, 0.6) is 5.75 Å². The van der Waals surface area contributed by atoms with E-state index in [9.17, 15) is 0 Å². The number of pyridine rings is 1. The van der Waals surface area contributed by atoms with E-state index in [0.717, 1.165) is 50.6 Å². The van der Waals surface area contributed by atoms with Crippen LogP contribution in [-0.4, -0.2) is 49.7 Å². The molecule has 1 fully saturated rings. The number of hydrogen-bond acceptors (Lipinski definition) is 4. The minimum Gasteiger partial charge on any atom is -0.497 e. The number of hydrogen-bond donors (Lipinski definition) is 0. The lowest BCUT2D eigenvalue weighted by Gasteiger charge is -2.37. The van der Waals surface area contributed by atoms with Gasteiger partial charge in [0.2, 0.25) is 0 Å². The second-order valence-corrected chi connectivity index (χ2v) is 7.66. The molecule has 4 rings (SSSR count). The zero-order valence-corrected chi connectivity index (χ0v) is 16.7. The van der Waals surface area contributed by atoms with Crippen LogP contribution in [0.1, 0.15) is 37.4 Å². The molecule has 0 N–H and O–H groups in total. The largest absolute Gasteiger partial charge is 0.497 e. The molecular formula is C23H31N3O. The summed E-state index contributed by atoms with van der Waals surface area (Å²) in [6.07, 6.45) is 6.15. The first kappa shape index (κ1) is 18.3. The standard InChI is InChI=1S/C23H31N3O/c1-3-25-13-15-26(16-14-25)23-17-22(18-9-11-19(27-2)12-10-18)24-21-8-6-4-5-7-20(21)23/h9-12,17H,3-8,13-16H2,1-2H3. The number of methoxy groups -OCH3 is 1. The van der Waals surface area contributed by atoms with Crippen LogP contribution in [-0.2, 0) is 12.8 Å². The third-order valence-electron chi connectivity index (χ3n) is 6.07. The van der Waals surface area contributed by atoms with Crippen molar-refractivity contribution in [2.24, 2.45) is 0 Å². The summed E-state index contributed by atoms with van der Waals surface area (Å²) in [5.41, 5.74) is 6.55. The molecule has 1 aromatic carbocycles. The quantitative estimate of drug-likeness (QED) is 0.761. The lowest BCUT2D eigenvalue weighted by Crippen LogP contribution is -2.46. The molecule has 1 aliphatic carbocycles. The highest BCUT2D eigenvalue weighted by Gasteiger charge is 2.22. The summed E-state index contributed by atoms with van der Waals surface area (Å²) >= 11 is 0. The maximum absolute atomic E-state index is 5.32. The molecule has 0 bridgehead atoms. The fraction of sp³-hybridized carbons (Fsp3) is 0.522. The van der Waals surface area contributed by atoms with E-state index in [1.54, 1.807) is 7.11 Å². The number of benzene rings is 1. The van der Waals surface area contributed by atoms with Gasteiger partial charge in [0.25, 0.3) is 0 Å². The predicted octanol–water partition coefficient (Wildman–Crippen LogP) is 4.17. The number of ether oxygens (including phenoxy) is 1. The van der Waals surface area contributed by atoms with Gasteiger partial charge in [-0.05, 0) is 68.1 Å². The summed E-state index contributed by atoms with van der Waals surface area (Å²) < 4.78 is 5.32. The Kier molecular flexibility index (Phi) is 5.63. The van der Waals surface area contributed by atoms with E-state index in [0.29, 0.717) is 0 Å². The van der Waals surface area contributed by atoms with Gasteiger partial charge in [0.1, 0.15) is 5.75 Å². The van der Waals surface area contributed by atoms with Gasteiger partial charge in [-0.15, -0.1) is 0 Å². The van der Waals surface area contributed by atoms with Crippen molar-refractivity contribution < 1.29 is 4.74 Å². The normalized spacial score (nSPS) is 18.1. The number of fused-ring (bicyclic) bond motifs is 1. The van der Waals surface area contributed by atoms with Crippen LogP contribution in [0.3, 0.4) is 0 Å². The van der Waals surface area contributed by atoms with E-state index in [-0.39, 0.29) is 0 Å². The predicted molar refractivity (Wildman–Crippen MR) is 112 cm³/mol. The fourth-order valence-corrected chi connectivity index (χ4v) is 4.36. The van der Waals surface area contributed by atoms with Gasteiger partial charge in [-0.25, -0.2) is 0 Å². The highest BCUT2D eigenvalue weighted by Crippen LogP contribution is 2.34. The van der Waals surface area contributed by atoms with Gasteiger partial charge in [0.15, 0.2) is 0 Å². The van der Waals surface area contributed by atoms with Gasteiger partial charge < -0.3 is 14.5 Å². The van der Waals surface area contributed by atoms with Crippen LogP contribution in [0.15, 0.2) is 30.3 Å². The number of aryl methyl sites for hydroxylation is 1. The zero-order valence-electron chi connectivity index (χ0n) is 16.7. The Labute approximate surface area is 163 Å². The summed E-state index contributed by atoms with van der Waals surface area (Å²) in [5, 5.41) is 0. The summed E-state index contributed by atoms with van der Waals surface area (Å²) in [6, 6.07) is 10.7. The molecule has 144 valence electrons. The van der Waals surface area contributed by atoms with Gasteiger partial charge in [-0.1, -0.05) is 13.3 Å². The van der Waals surface area contributed by atoms with Crippen LogP contribution < -0.4 is 9.64 Å². The SMILES string of the molecule is CCN1CCN(c2cc(-c3ccc(OC)cc3)nc3c2CCCCC3)CC1. The molecule has 2 aromatic rings. The molecule has 2 aliphatic rings. The molecular weight excluding hydrogens is 334 g/mol. The van der Waals surface area contributed by atoms with E-state index >= 15 is 0 Å². The molecule has 0 spiro atoms. The highest BCUT2D eigenvalue weighted by molar-refractivity contribution is 5.69. The van der Waals surface area contributed by atoms with Crippen molar-refractivity contribution in [3.8, 4) is 17.0 Å². The minimum atomic E-state index is 0.893. The van der Waals surface area contributed by atoms with Crippen molar-refractivity contribution in [3.63, 3.8) is 0 Å². The molecule has 0 saturated carbocycles. The Balaban J connectivity index is 1.71. The van der Waals surface area contributed by atoms with E-state index in [1.165, 1.54) is 48.2 Å². The summed E-state index contributed by atoms with van der Waals surface area (Å²) in [5.74, 6) is 0.893. The summed E-state index contributed by atoms with van der Waals surface area (Å²) in [7, 11) is 1.71. The first-order valence-corrected chi connectivity index (χ1v) is 10.4. The van der Waals surface area contributed by atoms with Gasteiger partial charge in [0.05, 0.1) is 12.8 Å². The number of piperazine rings is 1. The van der Waals surface area contributed by atoms with Crippen LogP contribution in [0.25, 0.3) is 11.3 Å². The summed E-state index contributed by atoms with van der Waals surface area (Å²) in [6.45, 7) is 7.96. The molecule has 0 radical (unpaired) electrons. The van der Waals surface area contributed by atoms with Crippen molar-refractivity contribution in [2.75, 3.05) is 44.7 Å². The molecule has 0 atom stereocenters. The monoisotopic (exact) mass is 365 g/mol. The van der Waals surface area contributed by atoms with Crippen molar-refractivity contribution in [2.45, 2.75) is 39.0 Å². The number of aromatic nitrogens is 1. The maximum atomic E-state index is 5.32. The third-order valence-corrected chi connectivity index (χ3v) is 6.07. The van der Waals surface area contributed by atoms with Crippen LogP contribution in [0.2, 0.25) is 0 Å². The van der Waals surface area contributed by atoms with Crippen molar-refractivity contribution in [1.29, 1.82) is 0 Å². The van der Waals surface area contributed by atoms with Crippen LogP contribution in [0, 0.1) is 0 Å². The van der Waals surface area contributed by atoms with Crippen molar-refractivity contribution >= 4 is 5.69 Å². The molecule has 2 heterocycles. The number of likely N-dealkylation sites (N-methyl/N-ethyl adjacent to an activating group) is 1. The second kappa shape index (κ2) is 8.30. The van der Waals surface area contributed by atoms with E-state index in [2.05, 4.69) is 34.9 Å². The van der Waals surface area contributed by atoms with Crippen molar-refractivity contribution in [3.05, 3.63) is 41.6 Å². The molecule has 0 unspecified atom stereocenters. The molecule has 4 heteroatoms. The number of rotatable bonds is 4. The van der Waals surface area contributed by atoms with Gasteiger partial charge in [0, 0.05) is 43.1 Å². The zero-order chi connectivity index (χ0) is 18.6. The lowest BCUT2D eigenvalue weighted by molar-refractivity contribution is 0.271. The Hall–Kier alpha value is -2.07.